The molecule has 76 valence electrons. The van der Waals surface area contributed by atoms with Gasteiger partial charge in [0, 0.05) is 23.0 Å². The maximum atomic E-state index is 6.05. The molecule has 2 rings (SSSR count). The third kappa shape index (κ3) is 2.20. The van der Waals surface area contributed by atoms with E-state index in [0.29, 0.717) is 20.4 Å². The number of aromatic nitrogens is 2. The number of hydrogen-bond acceptors (Lipinski definition) is 2. The molecule has 0 atom stereocenters. The minimum absolute atomic E-state index is 0.542. The van der Waals surface area contributed by atoms with Crippen LogP contribution in [0.5, 0.6) is 0 Å². The summed E-state index contributed by atoms with van der Waals surface area (Å²) in [6, 6.07) is 5.23. The molecule has 0 radical (unpaired) electrons. The smallest absolute Gasteiger partial charge is 0.129 e. The summed E-state index contributed by atoms with van der Waals surface area (Å²) in [5, 5.41) is 1.13. The van der Waals surface area contributed by atoms with Gasteiger partial charge >= 0.3 is 0 Å². The fourth-order valence-electron chi connectivity index (χ4n) is 1.23. The van der Waals surface area contributed by atoms with Crippen molar-refractivity contribution in [3.63, 3.8) is 0 Å². The Morgan fingerprint density at radius 1 is 1.27 bits per heavy atom. The second-order valence-electron chi connectivity index (χ2n) is 2.89. The highest BCUT2D eigenvalue weighted by Gasteiger charge is 2.06. The van der Waals surface area contributed by atoms with Gasteiger partial charge in [-0.25, -0.2) is 0 Å². The topological polar surface area (TPSA) is 28.7 Å². The molecule has 1 aromatic carbocycles. The van der Waals surface area contributed by atoms with E-state index in [4.69, 9.17) is 35.4 Å². The maximum Gasteiger partial charge on any atom is 0.129 e. The summed E-state index contributed by atoms with van der Waals surface area (Å²) in [5.41, 5.74) is 1.44. The normalized spacial score (nSPS) is 10.3. The molecule has 0 unspecified atom stereocenters. The summed E-state index contributed by atoms with van der Waals surface area (Å²) in [7, 11) is 0. The second kappa shape index (κ2) is 4.31. The highest BCUT2D eigenvalue weighted by Crippen LogP contribution is 2.28. The van der Waals surface area contributed by atoms with E-state index < -0.39 is 0 Å². The van der Waals surface area contributed by atoms with Gasteiger partial charge in [0.15, 0.2) is 0 Å². The third-order valence-corrected chi connectivity index (χ3v) is 2.75. The number of aromatic amines is 1. The first-order valence-electron chi connectivity index (χ1n) is 4.17. The van der Waals surface area contributed by atoms with Gasteiger partial charge in [0.2, 0.25) is 0 Å². The van der Waals surface area contributed by atoms with Crippen molar-refractivity contribution in [3.05, 3.63) is 45.3 Å². The predicted molar refractivity (Wildman–Crippen MR) is 64.9 cm³/mol. The van der Waals surface area contributed by atoms with Crippen LogP contribution < -0.4 is 0 Å². The molecule has 0 amide bonds. The standard InChI is InChI=1S/C10H6Cl2N2S/c11-6-1-2-7(8(12)5-6)9-10(15)14-4-3-13-9/h1-5H,(H,14,15). The fourth-order valence-corrected chi connectivity index (χ4v) is 1.95. The van der Waals surface area contributed by atoms with E-state index in [9.17, 15) is 0 Å². The quantitative estimate of drug-likeness (QED) is 0.778. The zero-order valence-electron chi connectivity index (χ0n) is 7.50. The van der Waals surface area contributed by atoms with Crippen LogP contribution in [-0.2, 0) is 0 Å². The predicted octanol–water partition coefficient (Wildman–Crippen LogP) is 4.11. The molecule has 0 bridgehead atoms. The third-order valence-electron chi connectivity index (χ3n) is 1.89. The van der Waals surface area contributed by atoms with Gasteiger partial charge in [0.05, 0.1) is 5.02 Å². The van der Waals surface area contributed by atoms with Crippen LogP contribution in [0.4, 0.5) is 0 Å². The fraction of sp³-hybridized carbons (Fsp3) is 0. The Morgan fingerprint density at radius 3 is 2.73 bits per heavy atom. The Balaban J connectivity index is 2.65. The summed E-state index contributed by atoms with van der Waals surface area (Å²) in [6.07, 6.45) is 3.31. The lowest BCUT2D eigenvalue weighted by atomic mass is 10.1. The zero-order chi connectivity index (χ0) is 10.8. The number of halogens is 2. The van der Waals surface area contributed by atoms with Crippen LogP contribution in [-0.4, -0.2) is 9.97 Å². The van der Waals surface area contributed by atoms with Crippen molar-refractivity contribution in [2.75, 3.05) is 0 Å². The minimum atomic E-state index is 0.542. The molecule has 0 fully saturated rings. The lowest BCUT2D eigenvalue weighted by molar-refractivity contribution is 1.18. The molecule has 1 aromatic heterocycles. The van der Waals surface area contributed by atoms with Gasteiger partial charge in [0.25, 0.3) is 0 Å². The van der Waals surface area contributed by atoms with Crippen molar-refractivity contribution in [2.24, 2.45) is 0 Å². The Labute approximate surface area is 102 Å². The van der Waals surface area contributed by atoms with Gasteiger partial charge in [-0.2, -0.15) is 0 Å². The molecule has 0 aliphatic heterocycles. The Hall–Kier alpha value is -0.900. The molecule has 5 heteroatoms. The number of nitrogens with one attached hydrogen (secondary N) is 1. The van der Waals surface area contributed by atoms with Crippen LogP contribution in [0.15, 0.2) is 30.6 Å². The molecule has 0 saturated carbocycles. The first kappa shape index (κ1) is 10.6. The summed E-state index contributed by atoms with van der Waals surface area (Å²) in [4.78, 5) is 7.08. The zero-order valence-corrected chi connectivity index (χ0v) is 9.83. The molecule has 0 aliphatic rings. The van der Waals surface area contributed by atoms with Crippen molar-refractivity contribution < 1.29 is 0 Å². The first-order valence-corrected chi connectivity index (χ1v) is 5.34. The average Bonchev–Trinajstić information content (AvgIpc) is 2.20. The van der Waals surface area contributed by atoms with E-state index in [0.717, 1.165) is 5.56 Å². The number of nitrogens with zero attached hydrogens (tertiary/aromatic N) is 1. The van der Waals surface area contributed by atoms with Crippen LogP contribution >= 0.6 is 35.4 Å². The van der Waals surface area contributed by atoms with Gasteiger partial charge in [-0.05, 0) is 18.2 Å². The van der Waals surface area contributed by atoms with Crippen molar-refractivity contribution >= 4 is 35.4 Å². The number of benzene rings is 1. The number of H-pyrrole nitrogens is 1. The Kier molecular flexibility index (Phi) is 3.05. The van der Waals surface area contributed by atoms with E-state index in [2.05, 4.69) is 9.97 Å². The van der Waals surface area contributed by atoms with Gasteiger partial charge in [-0.1, -0.05) is 35.4 Å². The Morgan fingerprint density at radius 2 is 2.07 bits per heavy atom. The van der Waals surface area contributed by atoms with E-state index >= 15 is 0 Å². The second-order valence-corrected chi connectivity index (χ2v) is 4.14. The summed E-state index contributed by atoms with van der Waals surface area (Å²) in [6.45, 7) is 0. The SMILES string of the molecule is S=c1[nH]ccnc1-c1ccc(Cl)cc1Cl. The molecule has 15 heavy (non-hydrogen) atoms. The maximum absolute atomic E-state index is 6.05. The lowest BCUT2D eigenvalue weighted by Crippen LogP contribution is -1.87. The van der Waals surface area contributed by atoms with Crippen molar-refractivity contribution in [1.82, 2.24) is 9.97 Å². The average molecular weight is 257 g/mol. The first-order chi connectivity index (χ1) is 7.18. The molecule has 0 saturated heterocycles. The van der Waals surface area contributed by atoms with Crippen LogP contribution in [0.25, 0.3) is 11.3 Å². The number of rotatable bonds is 1. The monoisotopic (exact) mass is 256 g/mol. The summed E-state index contributed by atoms with van der Waals surface area (Å²) < 4.78 is 0.557. The van der Waals surface area contributed by atoms with E-state index in [-0.39, 0.29) is 0 Å². The van der Waals surface area contributed by atoms with E-state index in [1.807, 2.05) is 0 Å². The summed E-state index contributed by atoms with van der Waals surface area (Å²) >= 11 is 17.0. The van der Waals surface area contributed by atoms with Gasteiger partial charge < -0.3 is 4.98 Å². The van der Waals surface area contributed by atoms with Crippen molar-refractivity contribution in [3.8, 4) is 11.3 Å². The van der Waals surface area contributed by atoms with Crippen molar-refractivity contribution in [1.29, 1.82) is 0 Å². The molecule has 1 heterocycles. The molecule has 0 spiro atoms. The lowest BCUT2D eigenvalue weighted by Gasteiger charge is -2.03. The highest BCUT2D eigenvalue weighted by atomic mass is 35.5. The Bertz CT molecular complexity index is 551. The van der Waals surface area contributed by atoms with Gasteiger partial charge in [0.1, 0.15) is 10.3 Å². The van der Waals surface area contributed by atoms with E-state index in [1.165, 1.54) is 0 Å². The van der Waals surface area contributed by atoms with Crippen LogP contribution in [0.2, 0.25) is 10.0 Å². The highest BCUT2D eigenvalue weighted by molar-refractivity contribution is 7.71. The largest absolute Gasteiger partial charge is 0.350 e. The van der Waals surface area contributed by atoms with Gasteiger partial charge in [-0.3, -0.25) is 4.98 Å². The summed E-state index contributed by atoms with van der Waals surface area (Å²) in [5.74, 6) is 0. The van der Waals surface area contributed by atoms with E-state index in [1.54, 1.807) is 30.6 Å². The van der Waals surface area contributed by atoms with Crippen LogP contribution in [0.1, 0.15) is 0 Å². The number of hydrogen-bond donors (Lipinski definition) is 1. The van der Waals surface area contributed by atoms with Crippen LogP contribution in [0.3, 0.4) is 0 Å². The molecular weight excluding hydrogens is 251 g/mol. The molecule has 2 nitrogen and oxygen atoms in total. The van der Waals surface area contributed by atoms with Crippen molar-refractivity contribution in [2.45, 2.75) is 0 Å². The molecule has 1 N–H and O–H groups in total. The van der Waals surface area contributed by atoms with Crippen LogP contribution in [0, 0.1) is 4.64 Å². The molecular formula is C10H6Cl2N2S. The molecule has 2 aromatic rings. The van der Waals surface area contributed by atoms with Gasteiger partial charge in [-0.15, -0.1) is 0 Å². The molecule has 0 aliphatic carbocycles. The minimum Gasteiger partial charge on any atom is -0.350 e.